The number of hydrogen-bond donors (Lipinski definition) is 2. The van der Waals surface area contributed by atoms with E-state index in [1.165, 1.54) is 16.4 Å². The average molecular weight is 452 g/mol. The summed E-state index contributed by atoms with van der Waals surface area (Å²) in [5.74, 6) is -0.981. The van der Waals surface area contributed by atoms with E-state index in [0.29, 0.717) is 28.3 Å². The summed E-state index contributed by atoms with van der Waals surface area (Å²) in [6.07, 6.45) is -1.06. The van der Waals surface area contributed by atoms with E-state index in [9.17, 15) is 18.0 Å². The summed E-state index contributed by atoms with van der Waals surface area (Å²) in [6, 6.07) is 21.6. The van der Waals surface area contributed by atoms with Gasteiger partial charge in [0, 0.05) is 11.3 Å². The lowest BCUT2D eigenvalue weighted by Crippen LogP contribution is -2.49. The van der Waals surface area contributed by atoms with Gasteiger partial charge in [-0.25, -0.2) is 8.42 Å². The molecule has 0 aliphatic carbocycles. The number of sulfonamides is 1. The van der Waals surface area contributed by atoms with E-state index in [-0.39, 0.29) is 12.3 Å². The third kappa shape index (κ3) is 4.57. The molecule has 0 bridgehead atoms. The van der Waals surface area contributed by atoms with Gasteiger partial charge < -0.3 is 15.8 Å². The molecule has 3 aromatic rings. The first-order valence-corrected chi connectivity index (χ1v) is 11.5. The van der Waals surface area contributed by atoms with Crippen LogP contribution in [0.3, 0.4) is 0 Å². The van der Waals surface area contributed by atoms with Gasteiger partial charge in [0.15, 0.2) is 6.10 Å². The Morgan fingerprint density at radius 2 is 1.62 bits per heavy atom. The van der Waals surface area contributed by atoms with Crippen LogP contribution >= 0.6 is 0 Å². The Hall–Kier alpha value is -3.85. The average Bonchev–Trinajstić information content (AvgIpc) is 2.79. The van der Waals surface area contributed by atoms with Gasteiger partial charge in [-0.3, -0.25) is 13.9 Å². The molecule has 0 spiro atoms. The van der Waals surface area contributed by atoms with Crippen LogP contribution in [0.2, 0.25) is 0 Å². The number of hydrogen-bond acceptors (Lipinski definition) is 5. The number of fused-ring (bicyclic) bond motifs is 1. The van der Waals surface area contributed by atoms with Crippen molar-refractivity contribution in [1.29, 1.82) is 0 Å². The zero-order valence-electron chi connectivity index (χ0n) is 17.0. The number of nitrogens with zero attached hydrogens (tertiary/aromatic N) is 1. The number of carbonyl (C=O) groups is 2. The molecule has 1 aliphatic heterocycles. The maximum atomic E-state index is 13.2. The van der Waals surface area contributed by atoms with Crippen LogP contribution in [-0.2, 0) is 20.6 Å². The Bertz CT molecular complexity index is 1240. The fraction of sp³-hybridized carbons (Fsp3) is 0.130. The zero-order valence-corrected chi connectivity index (χ0v) is 17.8. The summed E-state index contributed by atoms with van der Waals surface area (Å²) in [5.41, 5.74) is 7.00. The molecular weight excluding hydrogens is 430 g/mol. The Morgan fingerprint density at radius 3 is 2.31 bits per heavy atom. The van der Waals surface area contributed by atoms with Gasteiger partial charge in [0.1, 0.15) is 5.75 Å². The number of amides is 2. The molecule has 32 heavy (non-hydrogen) atoms. The summed E-state index contributed by atoms with van der Waals surface area (Å²) in [5, 5.41) is 2.69. The van der Waals surface area contributed by atoms with Crippen molar-refractivity contribution in [2.24, 2.45) is 5.73 Å². The van der Waals surface area contributed by atoms with Gasteiger partial charge in [0.2, 0.25) is 15.9 Å². The zero-order chi connectivity index (χ0) is 22.7. The van der Waals surface area contributed by atoms with Crippen LogP contribution in [0.1, 0.15) is 15.9 Å². The molecule has 1 aliphatic rings. The first-order valence-electron chi connectivity index (χ1n) is 9.84. The number of carbonyl (C=O) groups excluding carboxylic acids is 2. The molecule has 9 heteroatoms. The van der Waals surface area contributed by atoms with E-state index in [1.54, 1.807) is 60.7 Å². The highest BCUT2D eigenvalue weighted by Gasteiger charge is 2.36. The topological polar surface area (TPSA) is 119 Å². The van der Waals surface area contributed by atoms with E-state index in [1.807, 2.05) is 6.07 Å². The van der Waals surface area contributed by atoms with Crippen LogP contribution in [-0.4, -0.2) is 32.9 Å². The molecule has 4 rings (SSSR count). The highest BCUT2D eigenvalue weighted by molar-refractivity contribution is 7.92. The lowest BCUT2D eigenvalue weighted by molar-refractivity contribution is -0.122. The molecule has 2 amide bonds. The first kappa shape index (κ1) is 21.4. The number of para-hydroxylation sites is 2. The molecule has 1 unspecified atom stereocenters. The molecule has 1 heterocycles. The van der Waals surface area contributed by atoms with Gasteiger partial charge in [0.05, 0.1) is 18.0 Å². The van der Waals surface area contributed by atoms with Crippen molar-refractivity contribution in [3.8, 4) is 5.75 Å². The number of anilines is 2. The minimum Gasteiger partial charge on any atom is -0.476 e. The second-order valence-corrected chi connectivity index (χ2v) is 9.17. The number of primary amides is 1. The van der Waals surface area contributed by atoms with Crippen LogP contribution in [0.5, 0.6) is 5.75 Å². The van der Waals surface area contributed by atoms with E-state index >= 15 is 0 Å². The second kappa shape index (κ2) is 8.72. The fourth-order valence-electron chi connectivity index (χ4n) is 3.41. The predicted molar refractivity (Wildman–Crippen MR) is 121 cm³/mol. The normalized spacial score (nSPS) is 15.4. The number of rotatable bonds is 6. The molecule has 1 atom stereocenters. The smallest absolute Gasteiger partial charge is 0.267 e. The van der Waals surface area contributed by atoms with Gasteiger partial charge in [-0.05, 0) is 42.0 Å². The Kier molecular flexibility index (Phi) is 5.83. The molecule has 8 nitrogen and oxygen atoms in total. The highest BCUT2D eigenvalue weighted by Crippen LogP contribution is 2.36. The Balaban J connectivity index is 1.57. The summed E-state index contributed by atoms with van der Waals surface area (Å²) in [7, 11) is -3.78. The van der Waals surface area contributed by atoms with Crippen molar-refractivity contribution in [2.45, 2.75) is 11.9 Å². The molecule has 164 valence electrons. The van der Waals surface area contributed by atoms with E-state index in [2.05, 4.69) is 5.32 Å². The lowest BCUT2D eigenvalue weighted by Gasteiger charge is -2.34. The van der Waals surface area contributed by atoms with E-state index in [4.69, 9.17) is 10.5 Å². The van der Waals surface area contributed by atoms with Crippen LogP contribution in [0.25, 0.3) is 0 Å². The Morgan fingerprint density at radius 1 is 0.969 bits per heavy atom. The largest absolute Gasteiger partial charge is 0.476 e. The molecule has 0 radical (unpaired) electrons. The number of ether oxygens (including phenoxy) is 1. The van der Waals surface area contributed by atoms with Gasteiger partial charge in [-0.2, -0.15) is 0 Å². The van der Waals surface area contributed by atoms with Crippen molar-refractivity contribution >= 4 is 33.2 Å². The van der Waals surface area contributed by atoms with Crippen molar-refractivity contribution in [1.82, 2.24) is 0 Å². The summed E-state index contributed by atoms with van der Waals surface area (Å²) < 4.78 is 33.5. The summed E-state index contributed by atoms with van der Waals surface area (Å²) in [6.45, 7) is -0.169. The van der Waals surface area contributed by atoms with E-state index in [0.717, 1.165) is 0 Å². The van der Waals surface area contributed by atoms with Crippen molar-refractivity contribution in [2.75, 3.05) is 16.2 Å². The molecule has 3 aromatic carbocycles. The third-order valence-corrected chi connectivity index (χ3v) is 6.71. The van der Waals surface area contributed by atoms with Crippen LogP contribution in [0.4, 0.5) is 11.4 Å². The van der Waals surface area contributed by atoms with Crippen LogP contribution < -0.4 is 20.1 Å². The predicted octanol–water partition coefficient (Wildman–Crippen LogP) is 2.52. The SMILES string of the molecule is NC(=O)c1ccc(NC(=O)C2CN(S(=O)(=O)Cc3ccccc3)c3ccccc3O2)cc1. The maximum absolute atomic E-state index is 13.2. The van der Waals surface area contributed by atoms with Gasteiger partial charge in [0.25, 0.3) is 5.91 Å². The number of nitrogens with one attached hydrogen (secondary N) is 1. The monoisotopic (exact) mass is 451 g/mol. The van der Waals surface area contributed by atoms with Gasteiger partial charge in [-0.15, -0.1) is 0 Å². The van der Waals surface area contributed by atoms with E-state index < -0.39 is 27.9 Å². The molecule has 0 saturated carbocycles. The minimum atomic E-state index is -3.78. The van der Waals surface area contributed by atoms with Gasteiger partial charge in [-0.1, -0.05) is 42.5 Å². The number of nitrogens with two attached hydrogens (primary N) is 1. The van der Waals surface area contributed by atoms with Crippen molar-refractivity contribution in [3.63, 3.8) is 0 Å². The fourth-order valence-corrected chi connectivity index (χ4v) is 4.99. The molecule has 3 N–H and O–H groups in total. The van der Waals surface area contributed by atoms with Crippen molar-refractivity contribution in [3.05, 3.63) is 90.0 Å². The van der Waals surface area contributed by atoms with Crippen LogP contribution in [0, 0.1) is 0 Å². The Labute approximate surface area is 185 Å². The number of benzene rings is 3. The molecular formula is C23H21N3O5S. The van der Waals surface area contributed by atoms with Crippen molar-refractivity contribution < 1.29 is 22.7 Å². The first-order chi connectivity index (χ1) is 15.3. The standard InChI is InChI=1S/C23H21N3O5S/c24-22(27)17-10-12-18(13-11-17)25-23(28)21-14-26(19-8-4-5-9-20(19)31-21)32(29,30)15-16-6-2-1-3-7-16/h1-13,21H,14-15H2,(H2,24,27)(H,25,28). The highest BCUT2D eigenvalue weighted by atomic mass is 32.2. The summed E-state index contributed by atoms with van der Waals surface area (Å²) in [4.78, 5) is 24.1. The second-order valence-electron chi connectivity index (χ2n) is 7.28. The maximum Gasteiger partial charge on any atom is 0.267 e. The third-order valence-electron chi connectivity index (χ3n) is 4.99. The molecule has 0 fully saturated rings. The minimum absolute atomic E-state index is 0.169. The van der Waals surface area contributed by atoms with Gasteiger partial charge >= 0.3 is 0 Å². The lowest BCUT2D eigenvalue weighted by atomic mass is 10.2. The van der Waals surface area contributed by atoms with Crippen LogP contribution in [0.15, 0.2) is 78.9 Å². The summed E-state index contributed by atoms with van der Waals surface area (Å²) >= 11 is 0. The molecule has 0 aromatic heterocycles. The quantitative estimate of drug-likeness (QED) is 0.597. The molecule has 0 saturated heterocycles.